The lowest BCUT2D eigenvalue weighted by Crippen LogP contribution is -2.26. The van der Waals surface area contributed by atoms with E-state index in [-0.39, 0.29) is 17.7 Å². The number of nitrogens with zero attached hydrogens (tertiary/aromatic N) is 2. The van der Waals surface area contributed by atoms with Crippen LogP contribution in [0, 0.1) is 12.8 Å². The smallest absolute Gasteiger partial charge is 0.321 e. The number of rotatable bonds is 7. The van der Waals surface area contributed by atoms with E-state index in [4.69, 9.17) is 4.74 Å². The van der Waals surface area contributed by atoms with Gasteiger partial charge >= 0.3 is 6.01 Å². The maximum Gasteiger partial charge on any atom is 0.321 e. The molecule has 5 nitrogen and oxygen atoms in total. The van der Waals surface area contributed by atoms with Gasteiger partial charge in [-0.15, -0.1) is 0 Å². The molecule has 3 aromatic rings. The molecule has 5 heteroatoms. The normalized spacial score (nSPS) is 12.8. The second-order valence-electron chi connectivity index (χ2n) is 6.87. The summed E-state index contributed by atoms with van der Waals surface area (Å²) in [4.78, 5) is 21.2. The molecule has 0 unspecified atom stereocenters. The van der Waals surface area contributed by atoms with E-state index in [1.54, 1.807) is 24.5 Å². The molecule has 1 amide bonds. The van der Waals surface area contributed by atoms with Crippen molar-refractivity contribution in [3.8, 4) is 11.8 Å². The van der Waals surface area contributed by atoms with Gasteiger partial charge in [-0.1, -0.05) is 50.6 Å². The summed E-state index contributed by atoms with van der Waals surface area (Å²) < 4.78 is 5.66. The molecular formula is C23H25N3O2. The molecule has 0 fully saturated rings. The van der Waals surface area contributed by atoms with Crippen LogP contribution in [0.4, 0.5) is 5.69 Å². The van der Waals surface area contributed by atoms with Crippen LogP contribution in [0.25, 0.3) is 0 Å². The molecular weight excluding hydrogens is 350 g/mol. The van der Waals surface area contributed by atoms with Crippen LogP contribution < -0.4 is 10.1 Å². The van der Waals surface area contributed by atoms with Crippen LogP contribution in [-0.2, 0) is 4.79 Å². The number of anilines is 1. The number of hydrogen-bond donors (Lipinski definition) is 1. The minimum Gasteiger partial charge on any atom is -0.424 e. The van der Waals surface area contributed by atoms with Gasteiger partial charge in [0.05, 0.1) is 5.92 Å². The lowest BCUT2D eigenvalue weighted by Gasteiger charge is -2.23. The Kier molecular flexibility index (Phi) is 6.37. The third-order valence-electron chi connectivity index (χ3n) is 4.86. The number of carbonyl (C=O) groups excluding carboxylic acids is 1. The van der Waals surface area contributed by atoms with E-state index in [9.17, 15) is 4.79 Å². The molecule has 0 saturated heterocycles. The number of carbonyl (C=O) groups is 1. The number of aryl methyl sites for hydroxylation is 1. The van der Waals surface area contributed by atoms with E-state index in [0.717, 1.165) is 23.2 Å². The Morgan fingerprint density at radius 3 is 2.43 bits per heavy atom. The number of aromatic nitrogens is 2. The summed E-state index contributed by atoms with van der Waals surface area (Å²) in [5.41, 5.74) is 2.72. The van der Waals surface area contributed by atoms with E-state index in [2.05, 4.69) is 29.1 Å². The van der Waals surface area contributed by atoms with E-state index in [1.165, 1.54) is 0 Å². The maximum atomic E-state index is 13.1. The second-order valence-corrected chi connectivity index (χ2v) is 6.87. The molecule has 1 aromatic heterocycles. The lowest BCUT2D eigenvalue weighted by atomic mass is 9.85. The van der Waals surface area contributed by atoms with Crippen molar-refractivity contribution in [2.24, 2.45) is 5.92 Å². The van der Waals surface area contributed by atoms with Crippen molar-refractivity contribution < 1.29 is 9.53 Å². The van der Waals surface area contributed by atoms with Crippen LogP contribution >= 0.6 is 0 Å². The molecule has 0 aliphatic heterocycles. The van der Waals surface area contributed by atoms with Crippen LogP contribution in [0.1, 0.15) is 37.3 Å². The Labute approximate surface area is 165 Å². The Morgan fingerprint density at radius 1 is 1.07 bits per heavy atom. The fourth-order valence-corrected chi connectivity index (χ4v) is 3.13. The van der Waals surface area contributed by atoms with E-state index in [0.29, 0.717) is 11.8 Å². The Balaban J connectivity index is 1.77. The van der Waals surface area contributed by atoms with Crippen molar-refractivity contribution in [2.75, 3.05) is 5.32 Å². The highest BCUT2D eigenvalue weighted by Crippen LogP contribution is 2.30. The average Bonchev–Trinajstić information content (AvgIpc) is 2.71. The maximum absolute atomic E-state index is 13.1. The third kappa shape index (κ3) is 4.74. The first-order valence-corrected chi connectivity index (χ1v) is 9.49. The number of hydrogen-bond acceptors (Lipinski definition) is 4. The average molecular weight is 375 g/mol. The minimum atomic E-state index is -0.195. The zero-order chi connectivity index (χ0) is 19.9. The SMILES string of the molecule is CC[C@@H](C)[C@@H](C(=O)Nc1ccc(Oc2ncccn2)cc1C)c1ccccc1. The number of benzene rings is 2. The second kappa shape index (κ2) is 9.13. The van der Waals surface area contributed by atoms with Gasteiger partial charge in [-0.2, -0.15) is 0 Å². The zero-order valence-corrected chi connectivity index (χ0v) is 16.4. The Hall–Kier alpha value is -3.21. The van der Waals surface area contributed by atoms with Crippen LogP contribution in [0.15, 0.2) is 67.0 Å². The molecule has 2 atom stereocenters. The molecule has 1 N–H and O–H groups in total. The standard InChI is InChI=1S/C23H25N3O2/c1-4-16(2)21(18-9-6-5-7-10-18)22(27)26-20-12-11-19(15-17(20)3)28-23-24-13-8-14-25-23/h5-16,21H,4H2,1-3H3,(H,26,27)/t16-,21-/m1/s1. The molecule has 28 heavy (non-hydrogen) atoms. The molecule has 0 bridgehead atoms. The summed E-state index contributed by atoms with van der Waals surface area (Å²) in [5, 5.41) is 3.09. The predicted molar refractivity (Wildman–Crippen MR) is 111 cm³/mol. The third-order valence-corrected chi connectivity index (χ3v) is 4.86. The van der Waals surface area contributed by atoms with Crippen molar-refractivity contribution in [1.29, 1.82) is 0 Å². The van der Waals surface area contributed by atoms with E-state index < -0.39 is 0 Å². The molecule has 0 aliphatic carbocycles. The highest BCUT2D eigenvalue weighted by molar-refractivity contribution is 5.96. The predicted octanol–water partition coefficient (Wildman–Crippen LogP) is 5.35. The van der Waals surface area contributed by atoms with Crippen molar-refractivity contribution in [3.63, 3.8) is 0 Å². The largest absolute Gasteiger partial charge is 0.424 e. The van der Waals surface area contributed by atoms with E-state index >= 15 is 0 Å². The Bertz CT molecular complexity index is 914. The molecule has 2 aromatic carbocycles. The van der Waals surface area contributed by atoms with Gasteiger partial charge in [-0.25, -0.2) is 9.97 Å². The van der Waals surface area contributed by atoms with Crippen LogP contribution in [0.5, 0.6) is 11.8 Å². The topological polar surface area (TPSA) is 64.1 Å². The van der Waals surface area contributed by atoms with Gasteiger partial charge in [0, 0.05) is 18.1 Å². The number of amides is 1. The summed E-state index contributed by atoms with van der Waals surface area (Å²) in [6.07, 6.45) is 4.18. The van der Waals surface area contributed by atoms with Crippen molar-refractivity contribution in [1.82, 2.24) is 9.97 Å². The van der Waals surface area contributed by atoms with Gasteiger partial charge in [0.2, 0.25) is 5.91 Å². The zero-order valence-electron chi connectivity index (χ0n) is 16.4. The summed E-state index contributed by atoms with van der Waals surface area (Å²) in [7, 11) is 0. The summed E-state index contributed by atoms with van der Waals surface area (Å²) in [6, 6.07) is 17.5. The first-order valence-electron chi connectivity index (χ1n) is 9.49. The molecule has 0 saturated carbocycles. The van der Waals surface area contributed by atoms with Crippen LogP contribution in [-0.4, -0.2) is 15.9 Å². The van der Waals surface area contributed by atoms with Crippen molar-refractivity contribution in [3.05, 3.63) is 78.1 Å². The summed E-state index contributed by atoms with van der Waals surface area (Å²) >= 11 is 0. The van der Waals surface area contributed by atoms with Crippen LogP contribution in [0.2, 0.25) is 0 Å². The fourth-order valence-electron chi connectivity index (χ4n) is 3.13. The van der Waals surface area contributed by atoms with Gasteiger partial charge in [-0.3, -0.25) is 4.79 Å². The molecule has 3 rings (SSSR count). The molecule has 1 heterocycles. The van der Waals surface area contributed by atoms with Crippen LogP contribution in [0.3, 0.4) is 0 Å². The first-order chi connectivity index (χ1) is 13.6. The minimum absolute atomic E-state index is 0.00344. The quantitative estimate of drug-likeness (QED) is 0.605. The highest BCUT2D eigenvalue weighted by atomic mass is 16.5. The monoisotopic (exact) mass is 375 g/mol. The molecule has 144 valence electrons. The van der Waals surface area contributed by atoms with Gasteiger partial charge in [0.15, 0.2) is 0 Å². The lowest BCUT2D eigenvalue weighted by molar-refractivity contribution is -0.118. The summed E-state index contributed by atoms with van der Waals surface area (Å²) in [6.45, 7) is 6.16. The highest BCUT2D eigenvalue weighted by Gasteiger charge is 2.26. The number of nitrogens with one attached hydrogen (secondary N) is 1. The summed E-state index contributed by atoms with van der Waals surface area (Å²) in [5.74, 6) is 0.673. The number of ether oxygens (including phenoxy) is 1. The first kappa shape index (κ1) is 19.5. The molecule has 0 radical (unpaired) electrons. The van der Waals surface area contributed by atoms with Crippen molar-refractivity contribution >= 4 is 11.6 Å². The van der Waals surface area contributed by atoms with Gasteiger partial charge < -0.3 is 10.1 Å². The molecule has 0 aliphatic rings. The van der Waals surface area contributed by atoms with Gasteiger partial charge in [-0.05, 0) is 48.2 Å². The van der Waals surface area contributed by atoms with Gasteiger partial charge in [0.25, 0.3) is 0 Å². The molecule has 0 spiro atoms. The van der Waals surface area contributed by atoms with E-state index in [1.807, 2.05) is 49.4 Å². The van der Waals surface area contributed by atoms with Crippen molar-refractivity contribution in [2.45, 2.75) is 33.1 Å². The Morgan fingerprint density at radius 2 is 1.79 bits per heavy atom. The fraction of sp³-hybridized carbons (Fsp3) is 0.261. The van der Waals surface area contributed by atoms with Gasteiger partial charge in [0.1, 0.15) is 5.75 Å².